The summed E-state index contributed by atoms with van der Waals surface area (Å²) in [7, 11) is 0. The molecule has 0 aromatic heterocycles. The summed E-state index contributed by atoms with van der Waals surface area (Å²) in [6, 6.07) is 9.24. The van der Waals surface area contributed by atoms with Crippen LogP contribution in [-0.2, 0) is 0 Å². The van der Waals surface area contributed by atoms with Crippen LogP contribution in [0, 0.1) is 0 Å². The highest BCUT2D eigenvalue weighted by Crippen LogP contribution is 2.39. The molecule has 0 aliphatic carbocycles. The van der Waals surface area contributed by atoms with Crippen LogP contribution in [-0.4, -0.2) is 34.3 Å². The summed E-state index contributed by atoms with van der Waals surface area (Å²) in [5, 5.41) is 0.389. The SMILES string of the molecule is CC(C)(C)B1C=CN(C(C)(C)C)C(c2ccc(C3=CB(C(C)(C)C)C=CN3C(C)(C)C)cc2)=C1. The maximum atomic E-state index is 2.46. The Hall–Kier alpha value is -2.09. The Balaban J connectivity index is 2.03. The van der Waals surface area contributed by atoms with Gasteiger partial charge in [-0.3, -0.25) is 0 Å². The Morgan fingerprint density at radius 2 is 0.794 bits per heavy atom. The van der Waals surface area contributed by atoms with Crippen molar-refractivity contribution in [2.24, 2.45) is 0 Å². The zero-order valence-electron chi connectivity index (χ0n) is 23.8. The average molecular weight is 456 g/mol. The predicted molar refractivity (Wildman–Crippen MR) is 155 cm³/mol. The molecule has 0 bridgehead atoms. The fourth-order valence-corrected chi connectivity index (χ4v) is 4.66. The first-order chi connectivity index (χ1) is 15.4. The van der Waals surface area contributed by atoms with Gasteiger partial charge in [0.25, 0.3) is 0 Å². The Labute approximate surface area is 211 Å². The highest BCUT2D eigenvalue weighted by molar-refractivity contribution is 6.73. The molecule has 3 rings (SSSR count). The molecule has 0 amide bonds. The van der Waals surface area contributed by atoms with Gasteiger partial charge in [0.1, 0.15) is 0 Å². The molecule has 182 valence electrons. The van der Waals surface area contributed by atoms with Crippen molar-refractivity contribution in [3.05, 3.63) is 71.7 Å². The third-order valence-electron chi connectivity index (χ3n) is 7.00. The van der Waals surface area contributed by atoms with Crippen molar-refractivity contribution in [3.8, 4) is 0 Å². The summed E-state index contributed by atoms with van der Waals surface area (Å²) >= 11 is 0. The van der Waals surface area contributed by atoms with E-state index >= 15 is 0 Å². The number of benzene rings is 1. The number of rotatable bonds is 2. The molecule has 2 nitrogen and oxygen atoms in total. The molecular weight excluding hydrogens is 410 g/mol. The minimum Gasteiger partial charge on any atom is -0.344 e. The zero-order valence-corrected chi connectivity index (χ0v) is 23.8. The van der Waals surface area contributed by atoms with Crippen molar-refractivity contribution < 1.29 is 0 Å². The van der Waals surface area contributed by atoms with Crippen molar-refractivity contribution in [1.29, 1.82) is 0 Å². The van der Waals surface area contributed by atoms with Crippen molar-refractivity contribution in [2.45, 2.75) is 105 Å². The minimum atomic E-state index is 0.0174. The van der Waals surface area contributed by atoms with E-state index < -0.39 is 0 Å². The van der Waals surface area contributed by atoms with Crippen LogP contribution in [0.3, 0.4) is 0 Å². The van der Waals surface area contributed by atoms with Crippen LogP contribution in [0.2, 0.25) is 10.6 Å². The van der Waals surface area contributed by atoms with Gasteiger partial charge < -0.3 is 9.80 Å². The lowest BCUT2D eigenvalue weighted by molar-refractivity contribution is 0.295. The van der Waals surface area contributed by atoms with E-state index in [0.717, 1.165) is 0 Å². The molecule has 0 saturated carbocycles. The number of nitrogens with zero attached hydrogens (tertiary/aromatic N) is 2. The largest absolute Gasteiger partial charge is 0.344 e. The predicted octanol–water partition coefficient (Wildman–Crippen LogP) is 8.37. The van der Waals surface area contributed by atoms with Gasteiger partial charge in [0.15, 0.2) is 0 Å². The maximum Gasteiger partial charge on any atom is 0.201 e. The third kappa shape index (κ3) is 5.75. The van der Waals surface area contributed by atoms with Gasteiger partial charge in [-0.05, 0) is 65.1 Å². The standard InChI is InChI=1S/C30H46B2N2/c1-27(2,3)31-17-19-33(29(7,8)9)25(21-31)23-13-15-24(16-14-23)26-22-32(28(4,5)6)18-20-34(26)30(10,11)12/h13-22H,1-12H3. The molecule has 0 N–H and O–H groups in total. The van der Waals surface area contributed by atoms with E-state index in [4.69, 9.17) is 0 Å². The minimum absolute atomic E-state index is 0.0174. The topological polar surface area (TPSA) is 6.48 Å². The molecule has 1 aromatic rings. The third-order valence-corrected chi connectivity index (χ3v) is 7.00. The van der Waals surface area contributed by atoms with E-state index in [1.807, 2.05) is 0 Å². The Kier molecular flexibility index (Phi) is 6.90. The van der Waals surface area contributed by atoms with Crippen LogP contribution in [0.15, 0.2) is 60.6 Å². The molecule has 2 heterocycles. The molecule has 4 heteroatoms. The summed E-state index contributed by atoms with van der Waals surface area (Å²) in [4.78, 5) is 4.84. The summed E-state index contributed by atoms with van der Waals surface area (Å²) < 4.78 is 0. The molecular formula is C30H46B2N2. The molecule has 0 radical (unpaired) electrons. The highest BCUT2D eigenvalue weighted by Gasteiger charge is 2.34. The smallest absolute Gasteiger partial charge is 0.201 e. The summed E-state index contributed by atoms with van der Waals surface area (Å²) in [6.45, 7) is 28.4. The van der Waals surface area contributed by atoms with E-state index in [1.165, 1.54) is 22.5 Å². The first-order valence-electron chi connectivity index (χ1n) is 12.9. The van der Waals surface area contributed by atoms with Gasteiger partial charge in [0.2, 0.25) is 13.4 Å². The summed E-state index contributed by atoms with van der Waals surface area (Å²) in [5.41, 5.74) is 5.20. The summed E-state index contributed by atoms with van der Waals surface area (Å²) in [5.74, 6) is 9.63. The zero-order chi connectivity index (χ0) is 25.7. The van der Waals surface area contributed by atoms with Crippen LogP contribution in [0.5, 0.6) is 0 Å². The lowest BCUT2D eigenvalue weighted by Gasteiger charge is -2.41. The van der Waals surface area contributed by atoms with Gasteiger partial charge in [-0.25, -0.2) is 0 Å². The highest BCUT2D eigenvalue weighted by atomic mass is 15.2. The monoisotopic (exact) mass is 456 g/mol. The number of hydrogen-bond donors (Lipinski definition) is 0. The second-order valence-electron chi connectivity index (χ2n) is 14.2. The normalized spacial score (nSPS) is 17.9. The first-order valence-corrected chi connectivity index (χ1v) is 12.9. The Bertz CT molecular complexity index is 917. The molecule has 0 saturated heterocycles. The first kappa shape index (κ1) is 26.5. The van der Waals surface area contributed by atoms with E-state index in [0.29, 0.717) is 13.4 Å². The van der Waals surface area contributed by atoms with E-state index in [-0.39, 0.29) is 21.7 Å². The van der Waals surface area contributed by atoms with Gasteiger partial charge in [0.05, 0.1) is 0 Å². The average Bonchev–Trinajstić information content (AvgIpc) is 2.70. The van der Waals surface area contributed by atoms with Gasteiger partial charge in [-0.15, -0.1) is 0 Å². The molecule has 2 aliphatic heterocycles. The van der Waals surface area contributed by atoms with Crippen molar-refractivity contribution in [1.82, 2.24) is 9.80 Å². The lowest BCUT2D eigenvalue weighted by Crippen LogP contribution is -2.40. The summed E-state index contributed by atoms with van der Waals surface area (Å²) in [6.07, 6.45) is 4.59. The van der Waals surface area contributed by atoms with Gasteiger partial charge in [0, 0.05) is 22.5 Å². The van der Waals surface area contributed by atoms with Crippen LogP contribution in [0.4, 0.5) is 0 Å². The van der Waals surface area contributed by atoms with Crippen molar-refractivity contribution >= 4 is 24.8 Å². The molecule has 0 spiro atoms. The fraction of sp³-hybridized carbons (Fsp3) is 0.533. The molecule has 34 heavy (non-hydrogen) atoms. The number of hydrogen-bond acceptors (Lipinski definition) is 2. The van der Waals surface area contributed by atoms with Crippen LogP contribution in [0.1, 0.15) is 94.2 Å². The van der Waals surface area contributed by atoms with Crippen LogP contribution >= 0.6 is 0 Å². The van der Waals surface area contributed by atoms with Crippen molar-refractivity contribution in [3.63, 3.8) is 0 Å². The van der Waals surface area contributed by atoms with E-state index in [9.17, 15) is 0 Å². The molecule has 0 fully saturated rings. The quantitative estimate of drug-likeness (QED) is 0.413. The lowest BCUT2D eigenvalue weighted by atomic mass is 9.34. The Morgan fingerprint density at radius 1 is 0.500 bits per heavy atom. The molecule has 1 aromatic carbocycles. The molecule has 2 aliphatic rings. The fourth-order valence-electron chi connectivity index (χ4n) is 4.66. The maximum absolute atomic E-state index is 2.46. The van der Waals surface area contributed by atoms with Gasteiger partial charge in [-0.1, -0.05) is 100 Å². The van der Waals surface area contributed by atoms with Crippen LogP contribution in [0.25, 0.3) is 11.4 Å². The van der Waals surface area contributed by atoms with Crippen molar-refractivity contribution in [2.75, 3.05) is 0 Å². The molecule has 0 atom stereocenters. The molecule has 0 unspecified atom stereocenters. The van der Waals surface area contributed by atoms with E-state index in [2.05, 4.69) is 153 Å². The van der Waals surface area contributed by atoms with Gasteiger partial charge >= 0.3 is 0 Å². The second-order valence-corrected chi connectivity index (χ2v) is 14.2. The van der Waals surface area contributed by atoms with Crippen LogP contribution < -0.4 is 0 Å². The second kappa shape index (κ2) is 8.85. The Morgan fingerprint density at radius 3 is 1.03 bits per heavy atom. The van der Waals surface area contributed by atoms with E-state index in [1.54, 1.807) is 0 Å². The van der Waals surface area contributed by atoms with Gasteiger partial charge in [-0.2, -0.15) is 0 Å².